The van der Waals surface area contributed by atoms with Crippen molar-refractivity contribution in [2.75, 3.05) is 30.1 Å². The fraction of sp³-hybridized carbons (Fsp3) is 0.417. The van der Waals surface area contributed by atoms with Gasteiger partial charge in [0.05, 0.1) is 5.92 Å². The topological polar surface area (TPSA) is 98.5 Å². The van der Waals surface area contributed by atoms with Crippen LogP contribution < -0.4 is 11.1 Å². The molecule has 2 aromatic rings. The average molecular weight is 509 g/mol. The molecule has 0 heterocycles. The quantitative estimate of drug-likeness (QED) is 0.217. The minimum Gasteiger partial charge on any atom is -0.460 e. The molecule has 1 amide bonds. The Balaban J connectivity index is 1.80. The number of nitrogens with two attached hydrogens (primary N) is 1. The molecule has 0 saturated carbocycles. The third kappa shape index (κ3) is 12.3. The van der Waals surface area contributed by atoms with Gasteiger partial charge in [0.2, 0.25) is 5.91 Å². The van der Waals surface area contributed by atoms with Gasteiger partial charge in [-0.15, -0.1) is 0 Å². The Morgan fingerprint density at radius 2 is 1.61 bits per heavy atom. The Bertz CT molecular complexity index is 869. The van der Waals surface area contributed by atoms with E-state index in [9.17, 15) is 13.8 Å². The number of nitrogens with one attached hydrogen (secondary N) is 1. The summed E-state index contributed by atoms with van der Waals surface area (Å²) in [5.41, 5.74) is 8.04. The van der Waals surface area contributed by atoms with Gasteiger partial charge in [-0.1, -0.05) is 82.3 Å². The minimum absolute atomic E-state index is 0.0211. The van der Waals surface area contributed by atoms with E-state index >= 15 is 0 Å². The minimum atomic E-state index is -0.835. The molecule has 3 N–H and O–H groups in total. The second kappa shape index (κ2) is 15.9. The van der Waals surface area contributed by atoms with Crippen LogP contribution in [0.5, 0.6) is 0 Å². The van der Waals surface area contributed by atoms with Crippen molar-refractivity contribution in [2.45, 2.75) is 25.5 Å². The molecule has 1 unspecified atom stereocenters. The van der Waals surface area contributed by atoms with Crippen LogP contribution >= 0.6 is 21.6 Å². The second-order valence-corrected chi connectivity index (χ2v) is 11.8. The lowest BCUT2D eigenvalue weighted by Crippen LogP contribution is -2.37. The molecular formula is C24H32N2O4S3. The highest BCUT2D eigenvalue weighted by atomic mass is 33.1. The molecule has 3 atom stereocenters. The number of hydrogen-bond acceptors (Lipinski definition) is 7. The van der Waals surface area contributed by atoms with Crippen LogP contribution in [-0.2, 0) is 38.2 Å². The summed E-state index contributed by atoms with van der Waals surface area (Å²) in [6.45, 7) is 0.0230. The molecule has 0 saturated heterocycles. The summed E-state index contributed by atoms with van der Waals surface area (Å²) in [7, 11) is 2.38. The highest BCUT2D eigenvalue weighted by Crippen LogP contribution is 2.26. The molecule has 33 heavy (non-hydrogen) atoms. The molecule has 0 spiro atoms. The van der Waals surface area contributed by atoms with Gasteiger partial charge < -0.3 is 15.8 Å². The molecule has 9 heteroatoms. The van der Waals surface area contributed by atoms with Crippen molar-refractivity contribution >= 4 is 44.3 Å². The predicted octanol–water partition coefficient (Wildman–Crippen LogP) is 3.18. The molecule has 2 aromatic carbocycles. The van der Waals surface area contributed by atoms with E-state index in [1.165, 1.54) is 0 Å². The summed E-state index contributed by atoms with van der Waals surface area (Å²) >= 11 is 0. The van der Waals surface area contributed by atoms with Gasteiger partial charge in [-0.05, 0) is 24.0 Å². The summed E-state index contributed by atoms with van der Waals surface area (Å²) in [4.78, 5) is 24.9. The van der Waals surface area contributed by atoms with Crippen LogP contribution in [0.2, 0.25) is 0 Å². The number of esters is 1. The number of benzene rings is 2. The summed E-state index contributed by atoms with van der Waals surface area (Å²) in [5, 5.41) is 2.73. The van der Waals surface area contributed by atoms with E-state index in [0.29, 0.717) is 17.9 Å². The van der Waals surface area contributed by atoms with E-state index in [2.05, 4.69) is 5.32 Å². The Kier molecular flexibility index (Phi) is 13.2. The summed E-state index contributed by atoms with van der Waals surface area (Å²) < 4.78 is 16.4. The van der Waals surface area contributed by atoms with Gasteiger partial charge in [0.15, 0.2) is 0 Å². The van der Waals surface area contributed by atoms with Gasteiger partial charge in [0.25, 0.3) is 0 Å². The molecule has 2 rings (SSSR count). The van der Waals surface area contributed by atoms with Crippen molar-refractivity contribution in [3.05, 3.63) is 71.8 Å². The van der Waals surface area contributed by atoms with E-state index in [4.69, 9.17) is 10.5 Å². The monoisotopic (exact) mass is 508 g/mol. The molecule has 0 radical (unpaired) electrons. The Morgan fingerprint density at radius 3 is 2.24 bits per heavy atom. The fourth-order valence-corrected chi connectivity index (χ4v) is 6.08. The van der Waals surface area contributed by atoms with E-state index < -0.39 is 16.8 Å². The zero-order chi connectivity index (χ0) is 23.9. The Labute approximate surface area is 206 Å². The maximum absolute atomic E-state index is 12.8. The molecular weight excluding hydrogens is 476 g/mol. The first-order chi connectivity index (χ1) is 15.9. The van der Waals surface area contributed by atoms with Crippen LogP contribution in [0.3, 0.4) is 0 Å². The van der Waals surface area contributed by atoms with Crippen molar-refractivity contribution in [1.29, 1.82) is 0 Å². The van der Waals surface area contributed by atoms with Crippen molar-refractivity contribution in [1.82, 2.24) is 5.32 Å². The SMILES string of the molecule is CS(=O)CC[C@H](N)CSSC[C@@H](Cc1ccccc1)C(=O)NCC(=O)OCc1ccccc1. The van der Waals surface area contributed by atoms with Gasteiger partial charge in [-0.25, -0.2) is 0 Å². The zero-order valence-electron chi connectivity index (χ0n) is 18.8. The van der Waals surface area contributed by atoms with E-state index in [-0.39, 0.29) is 31.0 Å². The Morgan fingerprint density at radius 1 is 1.00 bits per heavy atom. The lowest BCUT2D eigenvalue weighted by molar-refractivity contribution is -0.145. The number of amides is 1. The zero-order valence-corrected chi connectivity index (χ0v) is 21.3. The van der Waals surface area contributed by atoms with Crippen molar-refractivity contribution in [3.8, 4) is 0 Å². The van der Waals surface area contributed by atoms with Gasteiger partial charge >= 0.3 is 5.97 Å². The molecule has 0 fully saturated rings. The largest absolute Gasteiger partial charge is 0.460 e. The van der Waals surface area contributed by atoms with Gasteiger partial charge in [0.1, 0.15) is 13.2 Å². The van der Waals surface area contributed by atoms with Gasteiger partial charge in [-0.2, -0.15) is 0 Å². The second-order valence-electron chi connectivity index (χ2n) is 7.65. The fourth-order valence-electron chi connectivity index (χ4n) is 2.89. The van der Waals surface area contributed by atoms with Crippen molar-refractivity contribution < 1.29 is 18.5 Å². The van der Waals surface area contributed by atoms with E-state index in [1.807, 2.05) is 60.7 Å². The average Bonchev–Trinajstić information content (AvgIpc) is 2.83. The van der Waals surface area contributed by atoms with Crippen LogP contribution in [-0.4, -0.2) is 52.2 Å². The molecule has 6 nitrogen and oxygen atoms in total. The molecule has 0 aliphatic carbocycles. The predicted molar refractivity (Wildman–Crippen MR) is 139 cm³/mol. The summed E-state index contributed by atoms with van der Waals surface area (Å²) in [6.07, 6.45) is 2.98. The summed E-state index contributed by atoms with van der Waals surface area (Å²) in [5.74, 6) is 1.00. The third-order valence-corrected chi connectivity index (χ3v) is 8.15. The molecule has 180 valence electrons. The standard InChI is InChI=1S/C24H32N2O4S3/c1-33(29)13-12-22(25)18-32-31-17-21(14-19-8-4-2-5-9-19)24(28)26-15-23(27)30-16-20-10-6-3-7-11-20/h2-11,21-22H,12-18,25H2,1H3,(H,26,28)/t21-,22+,33?/m1/s1. The van der Waals surface area contributed by atoms with Crippen LogP contribution in [0, 0.1) is 5.92 Å². The van der Waals surface area contributed by atoms with Crippen LogP contribution in [0.25, 0.3) is 0 Å². The maximum atomic E-state index is 12.8. The Hall–Kier alpha value is -1.81. The molecule has 0 aliphatic heterocycles. The van der Waals surface area contributed by atoms with Crippen molar-refractivity contribution in [2.24, 2.45) is 11.7 Å². The van der Waals surface area contributed by atoms with Crippen LogP contribution in [0.1, 0.15) is 17.5 Å². The first kappa shape index (κ1) is 27.4. The van der Waals surface area contributed by atoms with Gasteiger partial charge in [0, 0.05) is 40.4 Å². The number of carbonyl (C=O) groups is 2. The molecule has 0 bridgehead atoms. The van der Waals surface area contributed by atoms with E-state index in [0.717, 1.165) is 23.3 Å². The number of rotatable bonds is 15. The van der Waals surface area contributed by atoms with Crippen LogP contribution in [0.4, 0.5) is 0 Å². The molecule has 0 aliphatic rings. The van der Waals surface area contributed by atoms with Gasteiger partial charge in [-0.3, -0.25) is 13.8 Å². The third-order valence-electron chi connectivity index (χ3n) is 4.76. The number of hydrogen-bond donors (Lipinski definition) is 2. The lowest BCUT2D eigenvalue weighted by atomic mass is 10.0. The number of ether oxygens (including phenoxy) is 1. The highest BCUT2D eigenvalue weighted by Gasteiger charge is 2.20. The van der Waals surface area contributed by atoms with E-state index in [1.54, 1.807) is 27.8 Å². The molecule has 0 aromatic heterocycles. The normalized spacial score (nSPS) is 13.6. The maximum Gasteiger partial charge on any atom is 0.325 e. The highest BCUT2D eigenvalue weighted by molar-refractivity contribution is 8.76. The smallest absolute Gasteiger partial charge is 0.325 e. The number of carbonyl (C=O) groups excluding carboxylic acids is 2. The van der Waals surface area contributed by atoms with Crippen LogP contribution in [0.15, 0.2) is 60.7 Å². The lowest BCUT2D eigenvalue weighted by Gasteiger charge is -2.17. The summed E-state index contributed by atoms with van der Waals surface area (Å²) in [6, 6.07) is 19.2. The van der Waals surface area contributed by atoms with Crippen molar-refractivity contribution in [3.63, 3.8) is 0 Å². The first-order valence-corrected chi connectivity index (χ1v) is 15.0. The first-order valence-electron chi connectivity index (χ1n) is 10.7.